The van der Waals surface area contributed by atoms with E-state index >= 15 is 0 Å². The Labute approximate surface area is 127 Å². The first-order chi connectivity index (χ1) is 9.81. The van der Waals surface area contributed by atoms with E-state index in [1.54, 1.807) is 6.07 Å². The monoisotopic (exact) mass is 375 g/mol. The van der Waals surface area contributed by atoms with Crippen LogP contribution in [-0.4, -0.2) is 13.3 Å². The molecule has 0 aliphatic heterocycles. The second-order valence-electron chi connectivity index (χ2n) is 3.84. The van der Waals surface area contributed by atoms with Gasteiger partial charge < -0.3 is 4.18 Å². The fourth-order valence-electron chi connectivity index (χ4n) is 1.52. The highest BCUT2D eigenvalue weighted by Crippen LogP contribution is 2.31. The summed E-state index contributed by atoms with van der Waals surface area (Å²) in [4.78, 5) is 9.75. The maximum Gasteiger partial charge on any atom is 0.340 e. The molecule has 21 heavy (non-hydrogen) atoms. The van der Waals surface area contributed by atoms with Gasteiger partial charge in [0, 0.05) is 16.6 Å². The molecule has 0 bridgehead atoms. The molecule has 2 aromatic rings. The molecule has 9 heteroatoms. The van der Waals surface area contributed by atoms with Crippen LogP contribution in [0, 0.1) is 15.9 Å². The molecule has 0 unspecified atom stereocenters. The minimum atomic E-state index is -4.33. The summed E-state index contributed by atoms with van der Waals surface area (Å²) in [6, 6.07) is 8.10. The number of hydrogen-bond acceptors (Lipinski definition) is 5. The Kier molecular flexibility index (Phi) is 4.24. The van der Waals surface area contributed by atoms with Gasteiger partial charge in [0.15, 0.2) is 0 Å². The molecule has 0 radical (unpaired) electrons. The third-order valence-corrected chi connectivity index (χ3v) is 4.67. The predicted octanol–water partition coefficient (Wildman–Crippen LogP) is 3.26. The molecule has 0 N–H and O–H groups in total. The van der Waals surface area contributed by atoms with Crippen LogP contribution in [0.5, 0.6) is 5.75 Å². The number of benzene rings is 2. The van der Waals surface area contributed by atoms with Crippen molar-refractivity contribution >= 4 is 31.7 Å². The first-order valence-corrected chi connectivity index (χ1v) is 7.64. The van der Waals surface area contributed by atoms with Crippen molar-refractivity contribution < 1.29 is 21.9 Å². The molecule has 0 aliphatic carbocycles. The molecule has 0 saturated heterocycles. The van der Waals surface area contributed by atoms with Crippen LogP contribution < -0.4 is 4.18 Å². The molecule has 110 valence electrons. The van der Waals surface area contributed by atoms with E-state index in [2.05, 4.69) is 15.9 Å². The fraction of sp³-hybridized carbons (Fsp3) is 0. The van der Waals surface area contributed by atoms with Crippen LogP contribution in [0.1, 0.15) is 0 Å². The molecule has 0 fully saturated rings. The van der Waals surface area contributed by atoms with Crippen LogP contribution in [0.3, 0.4) is 0 Å². The van der Waals surface area contributed by atoms with Crippen LogP contribution in [-0.2, 0) is 10.1 Å². The Morgan fingerprint density at radius 2 is 1.86 bits per heavy atom. The van der Waals surface area contributed by atoms with Crippen LogP contribution >= 0.6 is 15.9 Å². The van der Waals surface area contributed by atoms with Gasteiger partial charge in [-0.05, 0) is 34.1 Å². The molecule has 2 aromatic carbocycles. The van der Waals surface area contributed by atoms with E-state index in [4.69, 9.17) is 4.18 Å². The molecule has 0 atom stereocenters. The standard InChI is InChI=1S/C12H7BrFNO5S/c13-9-3-1-2-4-12(9)21(18,19)20-11-7-8(14)5-6-10(11)15(16)17/h1-7H. The van der Waals surface area contributed by atoms with Gasteiger partial charge in [-0.1, -0.05) is 12.1 Å². The summed E-state index contributed by atoms with van der Waals surface area (Å²) in [5.41, 5.74) is -0.646. The lowest BCUT2D eigenvalue weighted by Crippen LogP contribution is -2.11. The number of nitrogens with zero attached hydrogens (tertiary/aromatic N) is 1. The number of nitro groups is 1. The third-order valence-electron chi connectivity index (χ3n) is 2.42. The highest BCUT2D eigenvalue weighted by Gasteiger charge is 2.25. The molecule has 0 heterocycles. The van der Waals surface area contributed by atoms with Crippen molar-refractivity contribution in [3.05, 3.63) is 62.9 Å². The van der Waals surface area contributed by atoms with Crippen molar-refractivity contribution in [1.82, 2.24) is 0 Å². The number of hydrogen-bond donors (Lipinski definition) is 0. The SMILES string of the molecule is O=[N+]([O-])c1ccc(F)cc1OS(=O)(=O)c1ccccc1Br. The van der Waals surface area contributed by atoms with E-state index < -0.39 is 32.3 Å². The molecule has 0 aromatic heterocycles. The normalized spacial score (nSPS) is 11.1. The van der Waals surface area contributed by atoms with Gasteiger partial charge in [-0.3, -0.25) is 10.1 Å². The summed E-state index contributed by atoms with van der Waals surface area (Å²) in [6.45, 7) is 0. The van der Waals surface area contributed by atoms with E-state index in [-0.39, 0.29) is 9.37 Å². The van der Waals surface area contributed by atoms with Crippen molar-refractivity contribution in [2.75, 3.05) is 0 Å². The Balaban J connectivity index is 2.49. The average molecular weight is 376 g/mol. The summed E-state index contributed by atoms with van der Waals surface area (Å²) in [5, 5.41) is 10.8. The Hall–Kier alpha value is -2.00. The topological polar surface area (TPSA) is 86.5 Å². The van der Waals surface area contributed by atoms with E-state index in [1.165, 1.54) is 18.2 Å². The van der Waals surface area contributed by atoms with Crippen molar-refractivity contribution in [3.63, 3.8) is 0 Å². The zero-order chi connectivity index (χ0) is 15.6. The van der Waals surface area contributed by atoms with E-state index in [0.29, 0.717) is 6.07 Å². The minimum absolute atomic E-state index is 0.219. The van der Waals surface area contributed by atoms with Gasteiger partial charge in [0.25, 0.3) is 0 Å². The Morgan fingerprint density at radius 1 is 1.19 bits per heavy atom. The van der Waals surface area contributed by atoms with E-state index in [9.17, 15) is 22.9 Å². The van der Waals surface area contributed by atoms with Crippen LogP contribution in [0.4, 0.5) is 10.1 Å². The van der Waals surface area contributed by atoms with Crippen molar-refractivity contribution in [1.29, 1.82) is 0 Å². The van der Waals surface area contributed by atoms with Crippen LogP contribution in [0.25, 0.3) is 0 Å². The van der Waals surface area contributed by atoms with Gasteiger partial charge >= 0.3 is 15.8 Å². The number of nitro benzene ring substituents is 1. The van der Waals surface area contributed by atoms with Gasteiger partial charge in [0.2, 0.25) is 5.75 Å². The van der Waals surface area contributed by atoms with Gasteiger partial charge in [-0.2, -0.15) is 8.42 Å². The summed E-state index contributed by atoms with van der Waals surface area (Å²) in [5.74, 6) is -1.53. The quantitative estimate of drug-likeness (QED) is 0.465. The second kappa shape index (κ2) is 5.78. The maximum atomic E-state index is 13.2. The molecular formula is C12H7BrFNO5S. The van der Waals surface area contributed by atoms with Gasteiger partial charge in [-0.15, -0.1) is 0 Å². The molecule has 2 rings (SSSR count). The molecule has 0 saturated carbocycles. The Bertz CT molecular complexity index is 809. The summed E-state index contributed by atoms with van der Waals surface area (Å²) < 4.78 is 42.3. The molecular weight excluding hydrogens is 369 g/mol. The summed E-state index contributed by atoms with van der Waals surface area (Å²) in [6.07, 6.45) is 0. The molecule has 0 amide bonds. The lowest BCUT2D eigenvalue weighted by Gasteiger charge is -2.08. The second-order valence-corrected chi connectivity index (χ2v) is 6.21. The zero-order valence-corrected chi connectivity index (χ0v) is 12.6. The highest BCUT2D eigenvalue weighted by atomic mass is 79.9. The van der Waals surface area contributed by atoms with Crippen molar-refractivity contribution in [2.45, 2.75) is 4.90 Å². The largest absolute Gasteiger partial charge is 0.371 e. The predicted molar refractivity (Wildman–Crippen MR) is 75.0 cm³/mol. The summed E-state index contributed by atoms with van der Waals surface area (Å²) >= 11 is 3.04. The number of halogens is 2. The molecule has 0 aliphatic rings. The Morgan fingerprint density at radius 3 is 2.48 bits per heavy atom. The van der Waals surface area contributed by atoms with Crippen LogP contribution in [0.2, 0.25) is 0 Å². The fourth-order valence-corrected chi connectivity index (χ4v) is 3.41. The highest BCUT2D eigenvalue weighted by molar-refractivity contribution is 9.10. The van der Waals surface area contributed by atoms with Crippen LogP contribution in [0.15, 0.2) is 51.8 Å². The maximum absolute atomic E-state index is 13.2. The third kappa shape index (κ3) is 3.37. The van der Waals surface area contributed by atoms with Crippen molar-refractivity contribution in [3.8, 4) is 5.75 Å². The first kappa shape index (κ1) is 15.4. The number of rotatable bonds is 4. The van der Waals surface area contributed by atoms with Crippen molar-refractivity contribution in [2.24, 2.45) is 0 Å². The first-order valence-electron chi connectivity index (χ1n) is 5.44. The molecule has 0 spiro atoms. The van der Waals surface area contributed by atoms with E-state index in [0.717, 1.165) is 12.1 Å². The zero-order valence-electron chi connectivity index (χ0n) is 10.2. The average Bonchev–Trinajstić information content (AvgIpc) is 2.38. The van der Waals surface area contributed by atoms with E-state index in [1.807, 2.05) is 0 Å². The van der Waals surface area contributed by atoms with Gasteiger partial charge in [0.05, 0.1) is 4.92 Å². The van der Waals surface area contributed by atoms with Gasteiger partial charge in [0.1, 0.15) is 10.7 Å². The minimum Gasteiger partial charge on any atom is -0.371 e. The van der Waals surface area contributed by atoms with Gasteiger partial charge in [-0.25, -0.2) is 4.39 Å². The summed E-state index contributed by atoms with van der Waals surface area (Å²) in [7, 11) is -4.33. The molecule has 6 nitrogen and oxygen atoms in total. The lowest BCUT2D eigenvalue weighted by molar-refractivity contribution is -0.385. The lowest BCUT2D eigenvalue weighted by atomic mass is 10.3. The smallest absolute Gasteiger partial charge is 0.340 e.